The van der Waals surface area contributed by atoms with Gasteiger partial charge in [0.05, 0.1) is 0 Å². The first-order valence-electron chi connectivity index (χ1n) is 15.3. The summed E-state index contributed by atoms with van der Waals surface area (Å²) in [5, 5.41) is 1.70. The van der Waals surface area contributed by atoms with E-state index in [0.717, 1.165) is 6.54 Å². The predicted octanol–water partition coefficient (Wildman–Crippen LogP) is 9.78. The van der Waals surface area contributed by atoms with Gasteiger partial charge < -0.3 is 0 Å². The number of hydrogen-bond acceptors (Lipinski definition) is 1. The van der Waals surface area contributed by atoms with Gasteiger partial charge in [-0.3, -0.25) is 0 Å². The van der Waals surface area contributed by atoms with Crippen molar-refractivity contribution >= 4 is 41.1 Å². The van der Waals surface area contributed by atoms with Crippen molar-refractivity contribution in [3.05, 3.63) is 30.0 Å². The zero-order valence-corrected chi connectivity index (χ0v) is 29.9. The molecule has 1 aromatic heterocycles. The van der Waals surface area contributed by atoms with Crippen LogP contribution in [0.2, 0.25) is 29.9 Å². The number of nitrogens with zero attached hydrogens (tertiary/aromatic N) is 2. The Morgan fingerprint density at radius 3 is 1.64 bits per heavy atom. The fourth-order valence-electron chi connectivity index (χ4n) is 7.75. The summed E-state index contributed by atoms with van der Waals surface area (Å²) in [6, 6.07) is 7.60. The number of benzene rings is 1. The molecule has 0 unspecified atom stereocenters. The van der Waals surface area contributed by atoms with E-state index in [1.807, 2.05) is 3.58 Å². The van der Waals surface area contributed by atoms with Gasteiger partial charge in [-0.1, -0.05) is 0 Å². The van der Waals surface area contributed by atoms with Gasteiger partial charge in [-0.2, -0.15) is 0 Å². The second-order valence-electron chi connectivity index (χ2n) is 12.9. The Kier molecular flexibility index (Phi) is 12.6. The topological polar surface area (TPSA) is 8.17 Å². The second-order valence-corrected chi connectivity index (χ2v) is 31.8. The summed E-state index contributed by atoms with van der Waals surface area (Å²) in [5.41, 5.74) is 5.31. The molecule has 0 amide bonds. The Morgan fingerprint density at radius 2 is 1.25 bits per heavy atom. The van der Waals surface area contributed by atoms with Gasteiger partial charge in [0.15, 0.2) is 0 Å². The van der Waals surface area contributed by atoms with Crippen LogP contribution in [-0.4, -0.2) is 49.8 Å². The molecule has 2 aromatic rings. The van der Waals surface area contributed by atoms with Crippen molar-refractivity contribution in [3.8, 4) is 0 Å². The SMILES string of the molecule is CCC[CH2][Sn]([CH2]CCC)([CH2]CCC)[c]1cccc2c1c(CN(C)C)cn2[Si](C(C)C)(C(C)C)C(C)C. The maximum absolute atomic E-state index is 2.92. The molecule has 0 aliphatic heterocycles. The van der Waals surface area contributed by atoms with E-state index in [1.165, 1.54) is 51.8 Å². The summed E-state index contributed by atoms with van der Waals surface area (Å²) in [7, 11) is 2.68. The summed E-state index contributed by atoms with van der Waals surface area (Å²) in [6.45, 7) is 23.3. The third kappa shape index (κ3) is 6.47. The van der Waals surface area contributed by atoms with Crippen LogP contribution in [0.25, 0.3) is 10.9 Å². The van der Waals surface area contributed by atoms with E-state index in [4.69, 9.17) is 0 Å². The number of unbranched alkanes of at least 4 members (excludes halogenated alkanes) is 3. The molecule has 0 saturated heterocycles. The monoisotopic (exact) mass is 620 g/mol. The van der Waals surface area contributed by atoms with Crippen LogP contribution in [-0.2, 0) is 6.54 Å². The van der Waals surface area contributed by atoms with Crippen LogP contribution in [0, 0.1) is 0 Å². The molecule has 0 atom stereocenters. The van der Waals surface area contributed by atoms with Crippen LogP contribution in [0.5, 0.6) is 0 Å². The number of fused-ring (bicyclic) bond motifs is 1. The van der Waals surface area contributed by atoms with Crippen molar-refractivity contribution in [3.63, 3.8) is 0 Å². The average Bonchev–Trinajstić information content (AvgIpc) is 3.16. The average molecular weight is 620 g/mol. The zero-order chi connectivity index (χ0) is 27.1. The standard InChI is InChI=1S/C20H33N2Si.3C4H9.Sn/c1-15(2)23(16(3)4,17(5)6)22-14-18(13-21(7)8)19-11-9-10-12-20(19)22;3*1-3-4-2;/h9-10,12,14-17H,13H2,1-8H3;3*1,3-4H2,2H3;. The Bertz CT molecular complexity index is 884. The van der Waals surface area contributed by atoms with Crippen molar-refractivity contribution in [2.75, 3.05) is 14.1 Å². The molecule has 4 heteroatoms. The number of rotatable bonds is 16. The van der Waals surface area contributed by atoms with E-state index in [0.29, 0.717) is 16.6 Å². The number of aromatic nitrogens is 1. The van der Waals surface area contributed by atoms with Gasteiger partial charge in [0.25, 0.3) is 0 Å². The third-order valence-electron chi connectivity index (χ3n) is 9.18. The summed E-state index contributed by atoms with van der Waals surface area (Å²) in [6.07, 6.45) is 10.9. The normalized spacial score (nSPS) is 13.3. The summed E-state index contributed by atoms with van der Waals surface area (Å²) in [5.74, 6) is 0. The molecule has 2 nitrogen and oxygen atoms in total. The van der Waals surface area contributed by atoms with E-state index in [1.54, 1.807) is 16.5 Å². The minimum absolute atomic E-state index is 0.706. The molecular weight excluding hydrogens is 559 g/mol. The van der Waals surface area contributed by atoms with Gasteiger partial charge >= 0.3 is 232 Å². The Morgan fingerprint density at radius 1 is 0.778 bits per heavy atom. The molecule has 36 heavy (non-hydrogen) atoms. The molecule has 0 radical (unpaired) electrons. The molecule has 0 aliphatic rings. The van der Waals surface area contributed by atoms with Gasteiger partial charge in [-0.25, -0.2) is 0 Å². The van der Waals surface area contributed by atoms with Gasteiger partial charge in [0.2, 0.25) is 0 Å². The van der Waals surface area contributed by atoms with Gasteiger partial charge in [0.1, 0.15) is 0 Å². The Balaban J connectivity index is 3.00. The molecule has 1 heterocycles. The molecule has 0 bridgehead atoms. The van der Waals surface area contributed by atoms with Crippen molar-refractivity contribution in [1.29, 1.82) is 0 Å². The van der Waals surface area contributed by atoms with E-state index >= 15 is 0 Å². The second kappa shape index (κ2) is 14.2. The quantitative estimate of drug-likeness (QED) is 0.170. The van der Waals surface area contributed by atoms with Crippen LogP contribution in [0.4, 0.5) is 0 Å². The first-order chi connectivity index (χ1) is 17.0. The zero-order valence-electron chi connectivity index (χ0n) is 26.0. The summed E-state index contributed by atoms with van der Waals surface area (Å²) >= 11 is -2.61. The molecule has 1 aromatic carbocycles. The first-order valence-corrected chi connectivity index (χ1v) is 25.0. The van der Waals surface area contributed by atoms with Crippen molar-refractivity contribution < 1.29 is 0 Å². The van der Waals surface area contributed by atoms with Gasteiger partial charge in [-0.15, -0.1) is 0 Å². The van der Waals surface area contributed by atoms with Gasteiger partial charge in [-0.05, 0) is 0 Å². The fourth-order valence-corrected chi connectivity index (χ4v) is 31.3. The summed E-state index contributed by atoms with van der Waals surface area (Å²) in [4.78, 5) is 2.40. The van der Waals surface area contributed by atoms with Crippen LogP contribution in [0.15, 0.2) is 24.4 Å². The molecule has 0 aliphatic carbocycles. The molecule has 206 valence electrons. The van der Waals surface area contributed by atoms with Crippen molar-refractivity contribution in [2.24, 2.45) is 0 Å². The predicted molar refractivity (Wildman–Crippen MR) is 170 cm³/mol. The van der Waals surface area contributed by atoms with E-state index in [2.05, 4.69) is 110 Å². The van der Waals surface area contributed by atoms with Crippen LogP contribution < -0.4 is 3.58 Å². The van der Waals surface area contributed by atoms with Crippen molar-refractivity contribution in [1.82, 2.24) is 9.13 Å². The molecular formula is C32H60N2SiSn. The van der Waals surface area contributed by atoms with Gasteiger partial charge in [0, 0.05) is 0 Å². The maximum atomic E-state index is 2.92. The first kappa shape index (κ1) is 32.0. The van der Waals surface area contributed by atoms with E-state index in [9.17, 15) is 0 Å². The van der Waals surface area contributed by atoms with E-state index in [-0.39, 0.29) is 0 Å². The fraction of sp³-hybridized carbons (Fsp3) is 0.750. The minimum atomic E-state index is -2.61. The van der Waals surface area contributed by atoms with Crippen molar-refractivity contribution in [2.45, 2.75) is 137 Å². The number of hydrogen-bond donors (Lipinski definition) is 0. The Hall–Kier alpha value is -0.264. The molecule has 0 saturated carbocycles. The van der Waals surface area contributed by atoms with Crippen LogP contribution >= 0.6 is 0 Å². The van der Waals surface area contributed by atoms with Crippen LogP contribution in [0.3, 0.4) is 0 Å². The molecule has 2 rings (SSSR count). The van der Waals surface area contributed by atoms with Crippen LogP contribution in [0.1, 0.15) is 106 Å². The molecule has 0 fully saturated rings. The molecule has 0 N–H and O–H groups in total. The van der Waals surface area contributed by atoms with E-state index < -0.39 is 26.6 Å². The Labute approximate surface area is 230 Å². The molecule has 0 spiro atoms. The summed E-state index contributed by atoms with van der Waals surface area (Å²) < 4.78 is 9.42. The third-order valence-corrected chi connectivity index (χ3v) is 31.6.